The lowest BCUT2D eigenvalue weighted by atomic mass is 10.3. The normalized spacial score (nSPS) is 9.90. The average Bonchev–Trinajstić information content (AvgIpc) is 2.44. The Morgan fingerprint density at radius 2 is 2.00 bits per heavy atom. The number of hydrogen-bond donors (Lipinski definition) is 2. The fourth-order valence-electron chi connectivity index (χ4n) is 1.62. The van der Waals surface area contributed by atoms with Gasteiger partial charge in [0.15, 0.2) is 0 Å². The van der Waals surface area contributed by atoms with Crippen molar-refractivity contribution in [3.05, 3.63) is 30.3 Å². The number of rotatable bonds is 9. The molecule has 6 nitrogen and oxygen atoms in total. The van der Waals surface area contributed by atoms with Gasteiger partial charge < -0.3 is 15.2 Å². The van der Waals surface area contributed by atoms with Crippen molar-refractivity contribution in [1.29, 1.82) is 0 Å². The largest absolute Gasteiger partial charge is 0.492 e. The average molecular weight is 290 g/mol. The minimum Gasteiger partial charge on any atom is -0.492 e. The van der Waals surface area contributed by atoms with Gasteiger partial charge in [-0.2, -0.15) is 0 Å². The third-order valence-electron chi connectivity index (χ3n) is 2.48. The summed E-state index contributed by atoms with van der Waals surface area (Å²) in [5.74, 6) is 1.74. The van der Waals surface area contributed by atoms with Crippen molar-refractivity contribution in [3.8, 4) is 18.1 Å². The molecule has 0 spiro atoms. The van der Waals surface area contributed by atoms with Crippen LogP contribution in [0.5, 0.6) is 5.75 Å². The quantitative estimate of drug-likeness (QED) is 0.502. The van der Waals surface area contributed by atoms with Gasteiger partial charge in [-0.25, -0.2) is 0 Å². The predicted molar refractivity (Wildman–Crippen MR) is 77.9 cm³/mol. The number of aliphatic carboxylic acids is 1. The Bertz CT molecular complexity index is 496. The number of hydrogen-bond acceptors (Lipinski definition) is 4. The van der Waals surface area contributed by atoms with E-state index in [-0.39, 0.29) is 25.5 Å². The van der Waals surface area contributed by atoms with Crippen LogP contribution in [0.4, 0.5) is 0 Å². The molecule has 1 aromatic carbocycles. The second-order valence-corrected chi connectivity index (χ2v) is 4.25. The van der Waals surface area contributed by atoms with Crippen molar-refractivity contribution >= 4 is 11.9 Å². The van der Waals surface area contributed by atoms with Crippen LogP contribution in [0.1, 0.15) is 0 Å². The highest BCUT2D eigenvalue weighted by atomic mass is 16.5. The number of benzene rings is 1. The molecule has 21 heavy (non-hydrogen) atoms. The molecule has 2 N–H and O–H groups in total. The maximum Gasteiger partial charge on any atom is 0.317 e. The van der Waals surface area contributed by atoms with Crippen molar-refractivity contribution in [3.63, 3.8) is 0 Å². The molecule has 0 saturated carbocycles. The minimum atomic E-state index is -1.02. The summed E-state index contributed by atoms with van der Waals surface area (Å²) >= 11 is 0. The van der Waals surface area contributed by atoms with Crippen LogP contribution in [0.15, 0.2) is 30.3 Å². The minimum absolute atomic E-state index is 0.0537. The van der Waals surface area contributed by atoms with E-state index in [0.29, 0.717) is 13.2 Å². The van der Waals surface area contributed by atoms with Crippen LogP contribution in [0.3, 0.4) is 0 Å². The Kier molecular flexibility index (Phi) is 7.40. The summed E-state index contributed by atoms with van der Waals surface area (Å²) in [7, 11) is 0. The highest BCUT2D eigenvalue weighted by Gasteiger charge is 2.12. The zero-order valence-electron chi connectivity index (χ0n) is 11.6. The smallest absolute Gasteiger partial charge is 0.317 e. The van der Waals surface area contributed by atoms with Crippen LogP contribution in [0.25, 0.3) is 0 Å². The Hall–Kier alpha value is -2.52. The number of amides is 1. The predicted octanol–water partition coefficient (Wildman–Crippen LogP) is 0.201. The highest BCUT2D eigenvalue weighted by molar-refractivity contribution is 5.79. The van der Waals surface area contributed by atoms with Crippen LogP contribution < -0.4 is 10.1 Å². The van der Waals surface area contributed by atoms with E-state index in [1.807, 2.05) is 30.3 Å². The molecule has 6 heteroatoms. The third-order valence-corrected chi connectivity index (χ3v) is 2.48. The molecule has 0 aliphatic heterocycles. The second-order valence-electron chi connectivity index (χ2n) is 4.25. The summed E-state index contributed by atoms with van der Waals surface area (Å²) in [6.07, 6.45) is 5.13. The first-order valence-electron chi connectivity index (χ1n) is 6.44. The molecule has 0 unspecified atom stereocenters. The van der Waals surface area contributed by atoms with Gasteiger partial charge >= 0.3 is 5.97 Å². The van der Waals surface area contributed by atoms with Gasteiger partial charge in [0.2, 0.25) is 5.91 Å². The SMILES string of the molecule is C#CCN(CC(=O)O)CC(=O)NCCOc1ccccc1. The van der Waals surface area contributed by atoms with Gasteiger partial charge in [0.25, 0.3) is 0 Å². The maximum atomic E-state index is 11.7. The first-order valence-corrected chi connectivity index (χ1v) is 6.44. The van der Waals surface area contributed by atoms with Gasteiger partial charge in [-0.05, 0) is 12.1 Å². The molecular weight excluding hydrogens is 272 g/mol. The van der Waals surface area contributed by atoms with Crippen molar-refractivity contribution in [2.75, 3.05) is 32.8 Å². The van der Waals surface area contributed by atoms with Crippen LogP contribution in [0, 0.1) is 12.3 Å². The first-order chi connectivity index (χ1) is 10.1. The fraction of sp³-hybridized carbons (Fsp3) is 0.333. The van der Waals surface area contributed by atoms with Crippen molar-refractivity contribution in [2.24, 2.45) is 0 Å². The number of nitrogens with zero attached hydrogens (tertiary/aromatic N) is 1. The van der Waals surface area contributed by atoms with Crippen LogP contribution >= 0.6 is 0 Å². The molecule has 1 aromatic rings. The molecule has 1 rings (SSSR count). The summed E-state index contributed by atoms with van der Waals surface area (Å²) in [5.41, 5.74) is 0. The molecule has 0 atom stereocenters. The van der Waals surface area contributed by atoms with Crippen molar-refractivity contribution < 1.29 is 19.4 Å². The monoisotopic (exact) mass is 290 g/mol. The number of carbonyl (C=O) groups excluding carboxylic acids is 1. The van der Waals surface area contributed by atoms with Gasteiger partial charge in [-0.1, -0.05) is 24.1 Å². The van der Waals surface area contributed by atoms with Crippen LogP contribution in [0.2, 0.25) is 0 Å². The molecule has 0 aliphatic rings. The number of para-hydroxylation sites is 1. The first kappa shape index (κ1) is 16.5. The van der Waals surface area contributed by atoms with E-state index >= 15 is 0 Å². The summed E-state index contributed by atoms with van der Waals surface area (Å²) in [6.45, 7) is 0.467. The van der Waals surface area contributed by atoms with E-state index in [2.05, 4.69) is 11.2 Å². The molecule has 0 radical (unpaired) electrons. The number of carboxylic acids is 1. The second kappa shape index (κ2) is 9.39. The zero-order chi connectivity index (χ0) is 15.5. The van der Waals surface area contributed by atoms with Gasteiger partial charge in [0.1, 0.15) is 12.4 Å². The molecule has 0 aliphatic carbocycles. The van der Waals surface area contributed by atoms with Gasteiger partial charge in [-0.3, -0.25) is 14.5 Å². The topological polar surface area (TPSA) is 78.9 Å². The van der Waals surface area contributed by atoms with E-state index < -0.39 is 5.97 Å². The summed E-state index contributed by atoms with van der Waals surface area (Å²) in [5, 5.41) is 11.3. The number of terminal acetylenes is 1. The van der Waals surface area contributed by atoms with E-state index in [9.17, 15) is 9.59 Å². The molecule has 0 aromatic heterocycles. The molecule has 0 fully saturated rings. The summed E-state index contributed by atoms with van der Waals surface area (Å²) in [6, 6.07) is 9.25. The molecule has 112 valence electrons. The lowest BCUT2D eigenvalue weighted by Gasteiger charge is -2.16. The van der Waals surface area contributed by atoms with Gasteiger partial charge in [-0.15, -0.1) is 6.42 Å². The van der Waals surface area contributed by atoms with Crippen LogP contribution in [-0.2, 0) is 9.59 Å². The Labute approximate surface area is 123 Å². The standard InChI is InChI=1S/C15H18N2O4/c1-2-9-17(12-15(19)20)11-14(18)16-8-10-21-13-6-4-3-5-7-13/h1,3-7H,8-12H2,(H,16,18)(H,19,20). The summed E-state index contributed by atoms with van der Waals surface area (Å²) < 4.78 is 5.42. The highest BCUT2D eigenvalue weighted by Crippen LogP contribution is 2.07. The van der Waals surface area contributed by atoms with E-state index in [0.717, 1.165) is 5.75 Å². The molecule has 1 amide bonds. The number of carboxylic acid groups (broad SMARTS) is 1. The Balaban J connectivity index is 2.23. The lowest BCUT2D eigenvalue weighted by molar-refractivity contribution is -0.138. The van der Waals surface area contributed by atoms with Crippen molar-refractivity contribution in [1.82, 2.24) is 10.2 Å². The van der Waals surface area contributed by atoms with Gasteiger partial charge in [0.05, 0.1) is 26.2 Å². The zero-order valence-corrected chi connectivity index (χ0v) is 11.6. The van der Waals surface area contributed by atoms with E-state index in [1.165, 1.54) is 4.90 Å². The van der Waals surface area contributed by atoms with Crippen molar-refractivity contribution in [2.45, 2.75) is 0 Å². The van der Waals surface area contributed by atoms with Crippen LogP contribution in [-0.4, -0.2) is 54.7 Å². The van der Waals surface area contributed by atoms with Gasteiger partial charge in [0, 0.05) is 0 Å². The molecule has 0 bridgehead atoms. The molecule has 0 heterocycles. The number of nitrogens with one attached hydrogen (secondary N) is 1. The lowest BCUT2D eigenvalue weighted by Crippen LogP contribution is -2.41. The van der Waals surface area contributed by atoms with E-state index in [1.54, 1.807) is 0 Å². The molecular formula is C15H18N2O4. The fourth-order valence-corrected chi connectivity index (χ4v) is 1.62. The molecule has 0 saturated heterocycles. The number of carbonyl (C=O) groups is 2. The van der Waals surface area contributed by atoms with E-state index in [4.69, 9.17) is 16.3 Å². The third kappa shape index (κ3) is 7.60. The Morgan fingerprint density at radius 1 is 1.29 bits per heavy atom. The maximum absolute atomic E-state index is 11.7. The summed E-state index contributed by atoms with van der Waals surface area (Å²) in [4.78, 5) is 23.6. The Morgan fingerprint density at radius 3 is 2.62 bits per heavy atom. The number of ether oxygens (including phenoxy) is 1.